The number of aromatic hydroxyl groups is 2. The first kappa shape index (κ1) is 50.0. The van der Waals surface area contributed by atoms with Gasteiger partial charge in [-0.15, -0.1) is 12.4 Å². The fraction of sp³-hybridized carbons (Fsp3) is 0.423. The van der Waals surface area contributed by atoms with Gasteiger partial charge in [0.1, 0.15) is 23.1 Å². The monoisotopic (exact) mass is 932 g/mol. The zero-order valence-corrected chi connectivity index (χ0v) is 40.7. The van der Waals surface area contributed by atoms with E-state index in [9.17, 15) is 19.8 Å². The molecule has 2 aliphatic rings. The van der Waals surface area contributed by atoms with Gasteiger partial charge in [-0.25, -0.2) is 29.5 Å². The van der Waals surface area contributed by atoms with Crippen molar-refractivity contribution in [1.29, 1.82) is 0 Å². The number of anilines is 2. The number of carbonyl (C=O) groups excluding carboxylic acids is 2. The second kappa shape index (κ2) is 21.5. The van der Waals surface area contributed by atoms with E-state index in [4.69, 9.17) is 29.4 Å². The van der Waals surface area contributed by atoms with Crippen LogP contribution in [-0.4, -0.2) is 94.8 Å². The summed E-state index contributed by atoms with van der Waals surface area (Å²) in [6.07, 6.45) is 1.16. The third kappa shape index (κ3) is 13.4. The van der Waals surface area contributed by atoms with E-state index < -0.39 is 0 Å². The number of halogens is 1. The number of benzene rings is 4. The number of phenolic OH excluding ortho intramolecular Hbond substituents is 2. The minimum absolute atomic E-state index is 0. The van der Waals surface area contributed by atoms with Crippen LogP contribution in [0.2, 0.25) is 0 Å². The number of carbonyl (C=O) groups is 2. The molecule has 8 rings (SSSR count). The highest BCUT2D eigenvalue weighted by Gasteiger charge is 2.29. The Morgan fingerprint density at radius 2 is 1.00 bits per heavy atom. The van der Waals surface area contributed by atoms with Gasteiger partial charge in [-0.1, -0.05) is 77.9 Å². The van der Waals surface area contributed by atoms with E-state index in [1.54, 1.807) is 24.3 Å². The van der Waals surface area contributed by atoms with Gasteiger partial charge < -0.3 is 40.1 Å². The number of fused-ring (bicyclic) bond motifs is 2. The molecule has 0 unspecified atom stereocenters. The summed E-state index contributed by atoms with van der Waals surface area (Å²) in [7, 11) is 0. The summed E-state index contributed by atoms with van der Waals surface area (Å²) in [4.78, 5) is 47.8. The maximum Gasteiger partial charge on any atom is 0.407 e. The van der Waals surface area contributed by atoms with Crippen molar-refractivity contribution in [1.82, 2.24) is 30.6 Å². The number of hydrogen-bond donors (Lipinski definition) is 4. The third-order valence-electron chi connectivity index (χ3n) is 11.5. The average molecular weight is 934 g/mol. The van der Waals surface area contributed by atoms with E-state index in [1.807, 2.05) is 91.8 Å². The Morgan fingerprint density at radius 1 is 0.612 bits per heavy atom. The van der Waals surface area contributed by atoms with Crippen LogP contribution >= 0.6 is 12.4 Å². The highest BCUT2D eigenvalue weighted by atomic mass is 35.5. The number of para-hydroxylation sites is 2. The second-order valence-corrected chi connectivity index (χ2v) is 20.1. The van der Waals surface area contributed by atoms with Crippen molar-refractivity contribution >= 4 is 58.0 Å². The van der Waals surface area contributed by atoms with Crippen molar-refractivity contribution in [3.63, 3.8) is 0 Å². The Balaban J connectivity index is 0.000000218. The van der Waals surface area contributed by atoms with Crippen LogP contribution in [-0.2, 0) is 9.47 Å². The number of hydrogen-bond acceptors (Lipinski definition) is 12. The molecule has 2 aromatic heterocycles. The summed E-state index contributed by atoms with van der Waals surface area (Å²) in [5.74, 6) is 3.65. The van der Waals surface area contributed by atoms with Crippen molar-refractivity contribution in [3.05, 3.63) is 96.1 Å². The molecule has 4 heterocycles. The van der Waals surface area contributed by atoms with Gasteiger partial charge in [0, 0.05) is 50.0 Å². The van der Waals surface area contributed by atoms with Gasteiger partial charge in [0.15, 0.2) is 11.6 Å². The standard InChI is InChI=1S/2C26H32N4O3.ClH/c2*1-17-9-10-19-21(13-17)28-23(20-7-5-6-8-22(20)31)29-24(19)30-12-11-18(15-30)14-27-25(32)33-16-26(2,3)4;/h2*5-10,13,18,31H,11-12,14-16H2,1-4H3,(H,27,32);1H/t2*18-;/m00./s1. The SMILES string of the molecule is Cc1ccc2c(N3CC[C@@H](CNC(=O)OCC(C)(C)C)C3)nc(-c3ccccc3O)nc2c1.Cc1ccc2c(N3CC[C@@H](CNC(=O)OCC(C)(C)C)C3)nc(-c3ccccc3O)nc2c1.Cl. The van der Waals surface area contributed by atoms with Gasteiger partial charge in [0.2, 0.25) is 0 Å². The predicted molar refractivity (Wildman–Crippen MR) is 268 cm³/mol. The number of ether oxygens (including phenoxy) is 2. The molecule has 67 heavy (non-hydrogen) atoms. The highest BCUT2D eigenvalue weighted by Crippen LogP contribution is 2.36. The topological polar surface area (TPSA) is 175 Å². The van der Waals surface area contributed by atoms with Crippen molar-refractivity contribution in [2.75, 3.05) is 62.3 Å². The molecule has 2 saturated heterocycles. The normalized spacial score (nSPS) is 16.0. The predicted octanol–water partition coefficient (Wildman–Crippen LogP) is 10.2. The van der Waals surface area contributed by atoms with Crippen molar-refractivity contribution in [2.24, 2.45) is 22.7 Å². The van der Waals surface area contributed by atoms with Crippen LogP contribution in [0.3, 0.4) is 0 Å². The minimum Gasteiger partial charge on any atom is -0.507 e. The van der Waals surface area contributed by atoms with E-state index in [2.05, 4.69) is 44.7 Å². The minimum atomic E-state index is -0.367. The quantitative estimate of drug-likeness (QED) is 0.102. The Bertz CT molecular complexity index is 2500. The number of amides is 2. The van der Waals surface area contributed by atoms with Crippen LogP contribution < -0.4 is 20.4 Å². The lowest BCUT2D eigenvalue weighted by atomic mass is 9.99. The molecule has 0 aliphatic carbocycles. The van der Waals surface area contributed by atoms with Crippen LogP contribution in [0.5, 0.6) is 11.5 Å². The average Bonchev–Trinajstić information content (AvgIpc) is 3.96. The molecule has 0 spiro atoms. The lowest BCUT2D eigenvalue weighted by Gasteiger charge is -2.21. The van der Waals surface area contributed by atoms with Gasteiger partial charge in [0.05, 0.1) is 35.4 Å². The lowest BCUT2D eigenvalue weighted by molar-refractivity contribution is 0.105. The molecule has 2 aliphatic heterocycles. The van der Waals surface area contributed by atoms with Crippen LogP contribution in [0.1, 0.15) is 65.5 Å². The van der Waals surface area contributed by atoms with Gasteiger partial charge >= 0.3 is 12.2 Å². The molecule has 0 bridgehead atoms. The van der Waals surface area contributed by atoms with Crippen molar-refractivity contribution in [3.8, 4) is 34.3 Å². The Morgan fingerprint density at radius 3 is 1.37 bits per heavy atom. The number of nitrogens with one attached hydrogen (secondary N) is 2. The van der Waals surface area contributed by atoms with Crippen molar-refractivity contribution in [2.45, 2.75) is 68.2 Å². The molecule has 2 amide bonds. The molecule has 2 fully saturated rings. The molecule has 0 radical (unpaired) electrons. The Labute approximate surface area is 400 Å². The van der Waals surface area contributed by atoms with Crippen LogP contribution in [0.15, 0.2) is 84.9 Å². The molecule has 356 valence electrons. The number of phenols is 2. The number of rotatable bonds is 10. The molecule has 4 aromatic carbocycles. The summed E-state index contributed by atoms with van der Waals surface area (Å²) >= 11 is 0. The van der Waals surface area contributed by atoms with Crippen LogP contribution in [0.25, 0.3) is 44.6 Å². The molecule has 6 aromatic rings. The first-order valence-electron chi connectivity index (χ1n) is 22.8. The van der Waals surface area contributed by atoms with E-state index in [0.717, 1.165) is 83.6 Å². The zero-order chi connectivity index (χ0) is 47.2. The van der Waals surface area contributed by atoms with E-state index in [1.165, 1.54) is 0 Å². The first-order valence-corrected chi connectivity index (χ1v) is 22.8. The maximum absolute atomic E-state index is 12.0. The van der Waals surface area contributed by atoms with Crippen LogP contribution in [0, 0.1) is 36.5 Å². The third-order valence-corrected chi connectivity index (χ3v) is 11.5. The smallest absolute Gasteiger partial charge is 0.407 e. The summed E-state index contributed by atoms with van der Waals surface area (Å²) < 4.78 is 10.6. The van der Waals surface area contributed by atoms with Gasteiger partial charge in [-0.05, 0) is 109 Å². The van der Waals surface area contributed by atoms with E-state index in [0.29, 0.717) is 60.9 Å². The fourth-order valence-electron chi connectivity index (χ4n) is 8.00. The summed E-state index contributed by atoms with van der Waals surface area (Å²) in [6, 6.07) is 26.6. The fourth-order valence-corrected chi connectivity index (χ4v) is 8.00. The molecular weight excluding hydrogens is 868 g/mol. The first-order chi connectivity index (χ1) is 31.4. The Hall–Kier alpha value is -6.41. The molecule has 4 N–H and O–H groups in total. The van der Waals surface area contributed by atoms with Gasteiger partial charge in [0.25, 0.3) is 0 Å². The second-order valence-electron chi connectivity index (χ2n) is 20.1. The zero-order valence-electron chi connectivity index (χ0n) is 39.9. The maximum atomic E-state index is 12.0. The van der Waals surface area contributed by atoms with Crippen molar-refractivity contribution < 1.29 is 29.3 Å². The van der Waals surface area contributed by atoms with Crippen LogP contribution in [0.4, 0.5) is 21.2 Å². The van der Waals surface area contributed by atoms with E-state index in [-0.39, 0.29) is 46.9 Å². The number of aryl methyl sites for hydroxylation is 2. The van der Waals surface area contributed by atoms with Gasteiger partial charge in [-0.2, -0.15) is 0 Å². The van der Waals surface area contributed by atoms with E-state index >= 15 is 0 Å². The number of alkyl carbamates (subject to hydrolysis) is 2. The molecule has 0 saturated carbocycles. The number of aromatic nitrogens is 4. The van der Waals surface area contributed by atoms with Gasteiger partial charge in [-0.3, -0.25) is 0 Å². The molecule has 14 nitrogen and oxygen atoms in total. The summed E-state index contributed by atoms with van der Waals surface area (Å²) in [6.45, 7) is 21.4. The Kier molecular flexibility index (Phi) is 16.0. The molecular formula is C52H65ClN8O6. The summed E-state index contributed by atoms with van der Waals surface area (Å²) in [5.41, 5.74) is 5.05. The molecule has 15 heteroatoms. The lowest BCUT2D eigenvalue weighted by Crippen LogP contribution is -2.33. The molecule has 2 atom stereocenters. The largest absolute Gasteiger partial charge is 0.507 e. The summed E-state index contributed by atoms with van der Waals surface area (Å²) in [5, 5.41) is 28.5. The number of nitrogens with zero attached hydrogens (tertiary/aromatic N) is 6. The highest BCUT2D eigenvalue weighted by molar-refractivity contribution is 5.93.